The Kier molecular flexibility index (Phi) is 5.94. The van der Waals surface area contributed by atoms with Crippen LogP contribution in [0, 0.1) is 6.92 Å². The number of nitrogens with one attached hydrogen (secondary N) is 2. The molecule has 0 aliphatic heterocycles. The van der Waals surface area contributed by atoms with Gasteiger partial charge in [-0.25, -0.2) is 9.97 Å². The zero-order chi connectivity index (χ0) is 19.1. The summed E-state index contributed by atoms with van der Waals surface area (Å²) in [5, 5.41) is 6.07. The van der Waals surface area contributed by atoms with Crippen LogP contribution in [-0.4, -0.2) is 28.0 Å². The van der Waals surface area contributed by atoms with E-state index in [2.05, 4.69) is 25.6 Å². The van der Waals surface area contributed by atoms with Crippen molar-refractivity contribution >= 4 is 11.7 Å². The number of benzene rings is 1. The molecule has 0 aliphatic rings. The largest absolute Gasteiger partial charge is 0.497 e. The number of rotatable bonds is 7. The minimum atomic E-state index is -0.253. The lowest BCUT2D eigenvalue weighted by molar-refractivity contribution is 0.0945. The van der Waals surface area contributed by atoms with Crippen molar-refractivity contribution in [3.63, 3.8) is 0 Å². The van der Waals surface area contributed by atoms with Crippen molar-refractivity contribution in [2.24, 2.45) is 0 Å². The molecular formula is C20H21N5O2. The van der Waals surface area contributed by atoms with Crippen LogP contribution < -0.4 is 15.4 Å². The highest BCUT2D eigenvalue weighted by atomic mass is 16.5. The normalized spacial score (nSPS) is 10.3. The minimum Gasteiger partial charge on any atom is -0.497 e. The maximum absolute atomic E-state index is 12.4. The van der Waals surface area contributed by atoms with E-state index in [0.29, 0.717) is 30.4 Å². The first-order chi connectivity index (χ1) is 13.1. The molecule has 0 spiro atoms. The smallest absolute Gasteiger partial charge is 0.270 e. The Morgan fingerprint density at radius 3 is 2.59 bits per heavy atom. The zero-order valence-corrected chi connectivity index (χ0v) is 15.3. The highest BCUT2D eigenvalue weighted by Crippen LogP contribution is 2.13. The fourth-order valence-electron chi connectivity index (χ4n) is 2.49. The number of aryl methyl sites for hydroxylation is 1. The molecule has 27 heavy (non-hydrogen) atoms. The second-order valence-corrected chi connectivity index (χ2v) is 5.93. The van der Waals surface area contributed by atoms with Gasteiger partial charge in [-0.2, -0.15) is 0 Å². The van der Waals surface area contributed by atoms with Crippen molar-refractivity contribution < 1.29 is 9.53 Å². The summed E-state index contributed by atoms with van der Waals surface area (Å²) in [4.78, 5) is 25.0. The summed E-state index contributed by atoms with van der Waals surface area (Å²) in [5.74, 6) is 1.69. The van der Waals surface area contributed by atoms with Crippen LogP contribution in [0.25, 0.3) is 0 Å². The average molecular weight is 363 g/mol. The molecule has 0 radical (unpaired) electrons. The molecule has 7 heteroatoms. The molecule has 7 nitrogen and oxygen atoms in total. The summed E-state index contributed by atoms with van der Waals surface area (Å²) >= 11 is 0. The standard InChI is InChI=1S/C20H21N5O2/c1-14-24-18(20(26)23-13-16-4-3-9-21-11-16)10-19(25-14)22-12-15-5-7-17(27-2)8-6-15/h3-11H,12-13H2,1-2H3,(H,23,26)(H,22,24,25). The van der Waals surface area contributed by atoms with Crippen LogP contribution in [0.5, 0.6) is 5.75 Å². The Labute approximate surface area is 157 Å². The van der Waals surface area contributed by atoms with E-state index in [9.17, 15) is 4.79 Å². The van der Waals surface area contributed by atoms with Gasteiger partial charge < -0.3 is 15.4 Å². The van der Waals surface area contributed by atoms with Crippen molar-refractivity contribution in [1.29, 1.82) is 0 Å². The molecule has 3 aromatic rings. The van der Waals surface area contributed by atoms with Gasteiger partial charge in [-0.05, 0) is 36.2 Å². The molecule has 138 valence electrons. The number of aromatic nitrogens is 3. The molecule has 0 bridgehead atoms. The van der Waals surface area contributed by atoms with Gasteiger partial charge in [-0.3, -0.25) is 9.78 Å². The van der Waals surface area contributed by atoms with Gasteiger partial charge in [0.05, 0.1) is 7.11 Å². The Morgan fingerprint density at radius 1 is 1.07 bits per heavy atom. The number of anilines is 1. The Balaban J connectivity index is 1.63. The predicted octanol–water partition coefficient (Wildman–Crippen LogP) is 2.73. The van der Waals surface area contributed by atoms with Crippen LogP contribution in [0.4, 0.5) is 5.82 Å². The Bertz CT molecular complexity index is 898. The van der Waals surface area contributed by atoms with E-state index in [-0.39, 0.29) is 5.91 Å². The molecule has 1 aromatic carbocycles. The molecule has 0 fully saturated rings. The van der Waals surface area contributed by atoms with E-state index in [0.717, 1.165) is 16.9 Å². The summed E-state index contributed by atoms with van der Waals surface area (Å²) in [6.45, 7) is 2.73. The fourth-order valence-corrected chi connectivity index (χ4v) is 2.49. The van der Waals surface area contributed by atoms with Gasteiger partial charge in [0.2, 0.25) is 0 Å². The highest BCUT2D eigenvalue weighted by molar-refractivity contribution is 5.92. The van der Waals surface area contributed by atoms with E-state index in [1.807, 2.05) is 36.4 Å². The van der Waals surface area contributed by atoms with Gasteiger partial charge in [0.15, 0.2) is 0 Å². The van der Waals surface area contributed by atoms with E-state index in [1.54, 1.807) is 32.5 Å². The van der Waals surface area contributed by atoms with Crippen molar-refractivity contribution in [2.45, 2.75) is 20.0 Å². The Hall–Kier alpha value is -3.48. The number of carbonyl (C=O) groups is 1. The number of carbonyl (C=O) groups excluding carboxylic acids is 1. The van der Waals surface area contributed by atoms with Gasteiger partial charge in [0.1, 0.15) is 23.1 Å². The lowest BCUT2D eigenvalue weighted by Gasteiger charge is -2.10. The maximum atomic E-state index is 12.4. The topological polar surface area (TPSA) is 89.0 Å². The van der Waals surface area contributed by atoms with Gasteiger partial charge in [-0.15, -0.1) is 0 Å². The van der Waals surface area contributed by atoms with Gasteiger partial charge in [0.25, 0.3) is 5.91 Å². The third kappa shape index (κ3) is 5.24. The Morgan fingerprint density at radius 2 is 1.89 bits per heavy atom. The van der Waals surface area contributed by atoms with Crippen molar-refractivity contribution in [3.05, 3.63) is 77.5 Å². The molecule has 0 aliphatic carbocycles. The molecular weight excluding hydrogens is 342 g/mol. The molecule has 0 saturated carbocycles. The number of hydrogen-bond donors (Lipinski definition) is 2. The lowest BCUT2D eigenvalue weighted by Crippen LogP contribution is -2.24. The number of nitrogens with zero attached hydrogens (tertiary/aromatic N) is 3. The van der Waals surface area contributed by atoms with Crippen molar-refractivity contribution in [3.8, 4) is 5.75 Å². The molecule has 1 amide bonds. The van der Waals surface area contributed by atoms with Crippen LogP contribution in [0.1, 0.15) is 27.4 Å². The third-order valence-corrected chi connectivity index (χ3v) is 3.88. The molecule has 0 unspecified atom stereocenters. The summed E-state index contributed by atoms with van der Waals surface area (Å²) < 4.78 is 5.16. The number of hydrogen-bond acceptors (Lipinski definition) is 6. The summed E-state index contributed by atoms with van der Waals surface area (Å²) in [7, 11) is 1.64. The minimum absolute atomic E-state index is 0.253. The van der Waals surface area contributed by atoms with E-state index in [4.69, 9.17) is 4.74 Å². The third-order valence-electron chi connectivity index (χ3n) is 3.88. The maximum Gasteiger partial charge on any atom is 0.270 e. The summed E-state index contributed by atoms with van der Waals surface area (Å²) in [5.41, 5.74) is 2.33. The second-order valence-electron chi connectivity index (χ2n) is 5.93. The average Bonchev–Trinajstić information content (AvgIpc) is 2.71. The quantitative estimate of drug-likeness (QED) is 0.671. The van der Waals surface area contributed by atoms with Crippen LogP contribution in [0.3, 0.4) is 0 Å². The molecule has 3 rings (SSSR count). The van der Waals surface area contributed by atoms with Crippen LogP contribution in [0.15, 0.2) is 54.9 Å². The van der Waals surface area contributed by atoms with Crippen LogP contribution >= 0.6 is 0 Å². The summed E-state index contributed by atoms with van der Waals surface area (Å²) in [6, 6.07) is 13.1. The molecule has 2 N–H and O–H groups in total. The first-order valence-electron chi connectivity index (χ1n) is 8.53. The number of ether oxygens (including phenoxy) is 1. The second kappa shape index (κ2) is 8.75. The molecule has 0 saturated heterocycles. The van der Waals surface area contributed by atoms with E-state index in [1.165, 1.54) is 0 Å². The monoisotopic (exact) mass is 363 g/mol. The molecule has 0 atom stereocenters. The first-order valence-corrected chi connectivity index (χ1v) is 8.53. The SMILES string of the molecule is COc1ccc(CNc2cc(C(=O)NCc3cccnc3)nc(C)n2)cc1. The van der Waals surface area contributed by atoms with Crippen molar-refractivity contribution in [1.82, 2.24) is 20.3 Å². The number of pyridine rings is 1. The number of amides is 1. The van der Waals surface area contributed by atoms with Crippen LogP contribution in [-0.2, 0) is 13.1 Å². The first kappa shape index (κ1) is 18.3. The van der Waals surface area contributed by atoms with Gasteiger partial charge in [-0.1, -0.05) is 18.2 Å². The van der Waals surface area contributed by atoms with Gasteiger partial charge in [0, 0.05) is 31.5 Å². The van der Waals surface area contributed by atoms with Gasteiger partial charge >= 0.3 is 0 Å². The highest BCUT2D eigenvalue weighted by Gasteiger charge is 2.10. The lowest BCUT2D eigenvalue weighted by atomic mass is 10.2. The van der Waals surface area contributed by atoms with Crippen LogP contribution in [0.2, 0.25) is 0 Å². The predicted molar refractivity (Wildman–Crippen MR) is 102 cm³/mol. The zero-order valence-electron chi connectivity index (χ0n) is 15.3. The van der Waals surface area contributed by atoms with E-state index < -0.39 is 0 Å². The number of methoxy groups -OCH3 is 1. The fraction of sp³-hybridized carbons (Fsp3) is 0.200. The van der Waals surface area contributed by atoms with Crippen molar-refractivity contribution in [2.75, 3.05) is 12.4 Å². The molecule has 2 aromatic heterocycles. The summed E-state index contributed by atoms with van der Waals surface area (Å²) in [6.07, 6.45) is 3.41. The molecule has 2 heterocycles. The van der Waals surface area contributed by atoms with E-state index >= 15 is 0 Å².